The number of carbonyl (C=O) groups excluding carboxylic acids is 5. The van der Waals surface area contributed by atoms with Crippen molar-refractivity contribution < 1.29 is 63.8 Å². The van der Waals surface area contributed by atoms with Crippen molar-refractivity contribution in [2.24, 2.45) is 16.2 Å². The van der Waals surface area contributed by atoms with Crippen molar-refractivity contribution in [1.29, 1.82) is 0 Å². The topological polar surface area (TPSA) is 264 Å². The minimum Gasteiger partial charge on any atom is -0.391 e. The van der Waals surface area contributed by atoms with E-state index < -0.39 is 82.3 Å². The van der Waals surface area contributed by atoms with Gasteiger partial charge >= 0.3 is 5.51 Å². The number of benzene rings is 5. The largest absolute Gasteiger partial charge is 0.501 e. The first-order chi connectivity index (χ1) is 55.2. The van der Waals surface area contributed by atoms with Gasteiger partial charge in [-0.25, -0.2) is 26.5 Å². The van der Waals surface area contributed by atoms with E-state index in [-0.39, 0.29) is 59.5 Å². The Labute approximate surface area is 694 Å². The predicted octanol–water partition coefficient (Wildman–Crippen LogP) is 13.3. The van der Waals surface area contributed by atoms with Crippen LogP contribution in [-0.2, 0) is 43.8 Å². The highest BCUT2D eigenvalue weighted by Gasteiger charge is 2.50. The zero-order valence-corrected chi connectivity index (χ0v) is 71.3. The number of piperidine rings is 2. The number of aryl methyl sites for hydroxylation is 1. The fourth-order valence-electron chi connectivity index (χ4n) is 17.1. The van der Waals surface area contributed by atoms with Crippen molar-refractivity contribution in [2.45, 2.75) is 182 Å². The highest BCUT2D eigenvalue weighted by atomic mass is 35.5. The zero-order chi connectivity index (χ0) is 82.7. The van der Waals surface area contributed by atoms with Crippen molar-refractivity contribution in [2.75, 3.05) is 121 Å². The summed E-state index contributed by atoms with van der Waals surface area (Å²) >= 11 is 9.44. The number of sulfonamides is 1. The van der Waals surface area contributed by atoms with E-state index >= 15 is 0 Å². The van der Waals surface area contributed by atoms with Gasteiger partial charge in [0.25, 0.3) is 25.8 Å². The number of rotatable bonds is 30. The molecule has 1 spiro atoms. The number of thiazole rings is 1. The number of aliphatic hydroxyl groups is 1. The Bertz CT molecular complexity index is 4660. The van der Waals surface area contributed by atoms with Gasteiger partial charge in [-0.1, -0.05) is 106 Å². The van der Waals surface area contributed by atoms with Crippen LogP contribution in [0, 0.1) is 23.2 Å². The van der Waals surface area contributed by atoms with Crippen molar-refractivity contribution in [3.63, 3.8) is 0 Å². The lowest BCUT2D eigenvalue weighted by Crippen LogP contribution is -2.57. The number of hydrogen-bond donors (Lipinski definition) is 5. The Morgan fingerprint density at radius 1 is 0.759 bits per heavy atom. The van der Waals surface area contributed by atoms with Crippen molar-refractivity contribution in [3.8, 4) is 10.4 Å². The van der Waals surface area contributed by atoms with E-state index in [1.54, 1.807) is 23.5 Å². The average Bonchev–Trinajstić information content (AvgIpc) is 0.996. The molecule has 5 fully saturated rings. The van der Waals surface area contributed by atoms with Crippen LogP contribution in [0.5, 0.6) is 0 Å². The number of aromatic nitrogens is 1. The molecule has 6 atom stereocenters. The maximum absolute atomic E-state index is 14.4. The fourth-order valence-corrected chi connectivity index (χ4v) is 21.1. The van der Waals surface area contributed by atoms with Gasteiger partial charge in [0.2, 0.25) is 23.6 Å². The van der Waals surface area contributed by atoms with Gasteiger partial charge in [0.05, 0.1) is 52.0 Å². The lowest BCUT2D eigenvalue weighted by Gasteiger charge is -2.49. The minimum absolute atomic E-state index is 0.0187. The molecular weight excluding hydrogens is 1580 g/mol. The van der Waals surface area contributed by atoms with Gasteiger partial charge in [-0.05, 0) is 196 Å². The second kappa shape index (κ2) is 38.3. The number of piperazine rings is 1. The number of sulfone groups is 1. The highest BCUT2D eigenvalue weighted by molar-refractivity contribution is 7.99. The van der Waals surface area contributed by atoms with Crippen LogP contribution in [-0.4, -0.2) is 221 Å². The Balaban J connectivity index is 0.579. The zero-order valence-electron chi connectivity index (χ0n) is 67.2. The number of halogens is 4. The molecule has 6 aliphatic rings. The summed E-state index contributed by atoms with van der Waals surface area (Å²) in [5.41, 5.74) is 2.79. The number of alkyl halides is 3. The second-order valence-corrected chi connectivity index (χ2v) is 39.7. The van der Waals surface area contributed by atoms with Crippen LogP contribution >= 0.6 is 34.7 Å². The molecule has 22 nitrogen and oxygen atoms in total. The van der Waals surface area contributed by atoms with E-state index in [1.807, 2.05) is 116 Å². The molecule has 5 aromatic carbocycles. The highest BCUT2D eigenvalue weighted by Crippen LogP contribution is 2.47. The van der Waals surface area contributed by atoms with Gasteiger partial charge in [0.15, 0.2) is 0 Å². The number of hydrogen-bond acceptors (Lipinski definition) is 19. The molecule has 1 aliphatic carbocycles. The summed E-state index contributed by atoms with van der Waals surface area (Å²) in [7, 11) is -11.0. The van der Waals surface area contributed by atoms with Gasteiger partial charge in [0, 0.05) is 131 Å². The molecular formula is C86H111ClF3N11O11S4. The third-order valence-electron chi connectivity index (χ3n) is 24.1. The maximum Gasteiger partial charge on any atom is 0.501 e. The molecule has 6 aromatic rings. The fraction of sp³-hybridized carbons (Fsp3) is 0.535. The third-order valence-corrected chi connectivity index (χ3v) is 29.4. The molecule has 5 amide bonds. The molecule has 0 bridgehead atoms. The van der Waals surface area contributed by atoms with Crippen molar-refractivity contribution in [1.82, 2.24) is 44.8 Å². The van der Waals surface area contributed by atoms with Crippen LogP contribution in [0.1, 0.15) is 158 Å². The molecule has 628 valence electrons. The predicted molar refractivity (Wildman–Crippen MR) is 450 cm³/mol. The van der Waals surface area contributed by atoms with Gasteiger partial charge < -0.3 is 45.4 Å². The SMILES string of the molecule is Cc1ncsc1-c1ccc([C@H](C)NC(=O)[C@@H]2C[C@@H](O)CN2C(=O)[C@@H](NC(=O)CCCCCC(=O)N2CCC3(CCN(CC4(C)CCC(c5ccc(Cl)cc5)=C(CN5CCN(c6ccc(C(=O)NS(=O)(=O)c7ccc(N[C@H](CCN8CCOCC8)CSc8ccccc8)c(S(=O)(=O)C(F)(F)F)c7)cc6)CC5)C4)CC3)CC2)C(C)(C)C)cc1. The lowest BCUT2D eigenvalue weighted by atomic mass is 9.69. The average molecular weight is 1700 g/mol. The molecule has 116 heavy (non-hydrogen) atoms. The lowest BCUT2D eigenvalue weighted by molar-refractivity contribution is -0.144. The summed E-state index contributed by atoms with van der Waals surface area (Å²) in [4.78, 5) is 86.2. The number of thioether (sulfide) groups is 1. The molecule has 1 unspecified atom stereocenters. The number of amides is 5. The summed E-state index contributed by atoms with van der Waals surface area (Å²) in [6, 6.07) is 31.5. The molecule has 5 saturated heterocycles. The van der Waals surface area contributed by atoms with Gasteiger partial charge in [-0.15, -0.1) is 23.1 Å². The molecule has 6 heterocycles. The van der Waals surface area contributed by atoms with Crippen LogP contribution in [0.25, 0.3) is 16.0 Å². The van der Waals surface area contributed by atoms with E-state index in [0.717, 1.165) is 142 Å². The van der Waals surface area contributed by atoms with Crippen LogP contribution in [0.15, 0.2) is 147 Å². The second-order valence-electron chi connectivity index (χ2n) is 33.7. The van der Waals surface area contributed by atoms with Crippen molar-refractivity contribution in [3.05, 3.63) is 160 Å². The number of anilines is 2. The molecule has 12 rings (SSSR count). The van der Waals surface area contributed by atoms with Crippen LogP contribution in [0.4, 0.5) is 24.5 Å². The van der Waals surface area contributed by atoms with Gasteiger partial charge in [-0.2, -0.15) is 13.2 Å². The minimum atomic E-state index is -6.11. The maximum atomic E-state index is 14.4. The number of nitrogens with zero attached hydrogens (tertiary/aromatic N) is 7. The number of ether oxygens (including phenoxy) is 1. The molecule has 1 aromatic heterocycles. The Kier molecular flexibility index (Phi) is 29.0. The molecule has 5 N–H and O–H groups in total. The molecule has 0 radical (unpaired) electrons. The van der Waals surface area contributed by atoms with Crippen LogP contribution in [0.3, 0.4) is 0 Å². The standard InChI is InChI=1S/C86H111ClF3N11O11S4/c1-59(61-17-19-63(20-18-61)78-60(2)91-58-114-78)92-81(106)74-51-69(102)55-101(74)82(107)79(83(3,4)5)94-76(103)15-11-8-12-16-77(104)100-41-36-85(37-42-100)34-39-98(40-35-85)57-84(6)33-31-72(62-21-25-66(87)26-22-62)65(53-84)54-97-43-45-99(46-44-97)68-27-23-64(24-28-68)80(105)95-116(110,111)71-29-30-73(75(52-71)115(108,109)86(88,89)90)93-67(32-38-96-47-49-112-50-48-96)56-113-70-13-9-7-10-14-70/h7,9-10,13-14,17-30,52,58-59,67,69,74,79,93,102H,8,11-12,15-16,31-51,53-57H2,1-6H3,(H,92,106)(H,94,103)(H,95,105)/t59-,67+,69+,74-,79+,84?/m0/s1. The van der Waals surface area contributed by atoms with Gasteiger partial charge in [-0.3, -0.25) is 33.8 Å². The van der Waals surface area contributed by atoms with Crippen LogP contribution < -0.4 is 25.6 Å². The summed E-state index contributed by atoms with van der Waals surface area (Å²) in [5.74, 6) is -1.61. The summed E-state index contributed by atoms with van der Waals surface area (Å²) in [5, 5.41) is 20.5. The van der Waals surface area contributed by atoms with E-state index in [2.05, 4.69) is 59.6 Å². The summed E-state index contributed by atoms with van der Waals surface area (Å²) in [6.07, 6.45) is 9.13. The number of unbranched alkanes of at least 4 members (excludes halogenated alkanes) is 2. The number of nitrogens with one attached hydrogen (secondary N) is 4. The number of carbonyl (C=O) groups is 5. The summed E-state index contributed by atoms with van der Waals surface area (Å²) < 4.78 is 105. The number of allylic oxidation sites excluding steroid dienone is 1. The number of likely N-dealkylation sites (tertiary alicyclic amines) is 3. The van der Waals surface area contributed by atoms with Crippen molar-refractivity contribution >= 4 is 101 Å². The third kappa shape index (κ3) is 22.5. The van der Waals surface area contributed by atoms with Gasteiger partial charge in [0.1, 0.15) is 17.0 Å². The monoisotopic (exact) mass is 1690 g/mol. The van der Waals surface area contributed by atoms with E-state index in [9.17, 15) is 59.1 Å². The number of morpholine rings is 1. The van der Waals surface area contributed by atoms with E-state index in [1.165, 1.54) is 45.5 Å². The molecule has 5 aliphatic heterocycles. The normalized spacial score (nSPS) is 21.0. The Morgan fingerprint density at radius 2 is 1.42 bits per heavy atom. The first-order valence-corrected chi connectivity index (χ1v) is 45.8. The molecule has 0 saturated carbocycles. The number of β-amino-alcohol motifs (C(OH)–C–C–N with tert-alkyl or cyclic N) is 1. The van der Waals surface area contributed by atoms with Crippen LogP contribution in [0.2, 0.25) is 5.02 Å². The Morgan fingerprint density at radius 3 is 2.08 bits per heavy atom. The summed E-state index contributed by atoms with van der Waals surface area (Å²) in [6.45, 7) is 22.9. The van der Waals surface area contributed by atoms with E-state index in [0.29, 0.717) is 94.9 Å². The smallest absolute Gasteiger partial charge is 0.391 e. The van der Waals surface area contributed by atoms with E-state index in [4.69, 9.17) is 16.3 Å². The first-order valence-electron chi connectivity index (χ1n) is 40.6. The number of aliphatic hydroxyl groups excluding tert-OH is 1. The first kappa shape index (κ1) is 87.9. The Hall–Kier alpha value is -7.45. The molecule has 30 heteroatoms. The quantitative estimate of drug-likeness (QED) is 0.0207.